The van der Waals surface area contributed by atoms with Gasteiger partial charge >= 0.3 is 0 Å². The second-order valence-corrected chi connectivity index (χ2v) is 6.82. The van der Waals surface area contributed by atoms with E-state index < -0.39 is 0 Å². The number of carbonyl (C=O) groups excluding carboxylic acids is 1. The molecule has 1 aliphatic heterocycles. The highest BCUT2D eigenvalue weighted by Gasteiger charge is 2.32. The molecule has 3 aromatic rings. The SMILES string of the molecule is Cc1cccc(CC(=O)N2CCCC2c2nc(-c3ccccc3)n[nH]2)c1. The summed E-state index contributed by atoms with van der Waals surface area (Å²) in [6.07, 6.45) is 2.34. The molecule has 5 heteroatoms. The van der Waals surface area contributed by atoms with Gasteiger partial charge < -0.3 is 4.90 Å². The Kier molecular flexibility index (Phi) is 4.52. The number of aromatic nitrogens is 3. The molecule has 1 saturated heterocycles. The number of rotatable bonds is 4. The molecule has 4 rings (SSSR count). The molecule has 0 spiro atoms. The van der Waals surface area contributed by atoms with Crippen LogP contribution in [0.15, 0.2) is 54.6 Å². The molecule has 132 valence electrons. The Labute approximate surface area is 153 Å². The number of likely N-dealkylation sites (tertiary alicyclic amines) is 1. The minimum atomic E-state index is -0.0164. The normalized spacial score (nSPS) is 16.8. The van der Waals surface area contributed by atoms with E-state index in [1.54, 1.807) is 0 Å². The van der Waals surface area contributed by atoms with Crippen LogP contribution in [0, 0.1) is 6.92 Å². The smallest absolute Gasteiger partial charge is 0.227 e. The fourth-order valence-electron chi connectivity index (χ4n) is 3.59. The Morgan fingerprint density at radius 2 is 2.04 bits per heavy atom. The molecule has 2 aromatic carbocycles. The summed E-state index contributed by atoms with van der Waals surface area (Å²) in [5.41, 5.74) is 3.21. The van der Waals surface area contributed by atoms with Crippen LogP contribution in [0.2, 0.25) is 0 Å². The first-order valence-electron chi connectivity index (χ1n) is 9.03. The van der Waals surface area contributed by atoms with Gasteiger partial charge in [-0.3, -0.25) is 9.89 Å². The van der Waals surface area contributed by atoms with Crippen LogP contribution >= 0.6 is 0 Å². The summed E-state index contributed by atoms with van der Waals surface area (Å²) in [6, 6.07) is 18.0. The zero-order valence-electron chi connectivity index (χ0n) is 14.9. The highest BCUT2D eigenvalue weighted by molar-refractivity contribution is 5.79. The fraction of sp³-hybridized carbons (Fsp3) is 0.286. The molecule has 0 aliphatic carbocycles. The van der Waals surface area contributed by atoms with Crippen LogP contribution in [-0.2, 0) is 11.2 Å². The van der Waals surface area contributed by atoms with Crippen molar-refractivity contribution in [3.8, 4) is 11.4 Å². The molecule has 1 amide bonds. The Balaban J connectivity index is 1.51. The number of carbonyl (C=O) groups is 1. The average Bonchev–Trinajstić information content (AvgIpc) is 3.32. The first-order chi connectivity index (χ1) is 12.7. The summed E-state index contributed by atoms with van der Waals surface area (Å²) in [7, 11) is 0. The monoisotopic (exact) mass is 346 g/mol. The van der Waals surface area contributed by atoms with Crippen LogP contribution < -0.4 is 0 Å². The summed E-state index contributed by atoms with van der Waals surface area (Å²) >= 11 is 0. The molecule has 5 nitrogen and oxygen atoms in total. The van der Waals surface area contributed by atoms with Gasteiger partial charge in [0.15, 0.2) is 5.82 Å². The van der Waals surface area contributed by atoms with Gasteiger partial charge in [-0.2, -0.15) is 5.10 Å². The quantitative estimate of drug-likeness (QED) is 0.784. The van der Waals surface area contributed by atoms with E-state index in [2.05, 4.69) is 21.2 Å². The van der Waals surface area contributed by atoms with Gasteiger partial charge in [0.25, 0.3) is 0 Å². The number of amides is 1. The maximum Gasteiger partial charge on any atom is 0.227 e. The Bertz CT molecular complexity index is 903. The van der Waals surface area contributed by atoms with Crippen molar-refractivity contribution >= 4 is 5.91 Å². The van der Waals surface area contributed by atoms with Crippen LogP contribution in [0.5, 0.6) is 0 Å². The van der Waals surface area contributed by atoms with Gasteiger partial charge in [0.1, 0.15) is 5.82 Å². The van der Waals surface area contributed by atoms with Crippen molar-refractivity contribution in [1.29, 1.82) is 0 Å². The van der Waals surface area contributed by atoms with Crippen LogP contribution in [0.3, 0.4) is 0 Å². The molecule has 1 unspecified atom stereocenters. The molecule has 2 heterocycles. The minimum Gasteiger partial charge on any atom is -0.332 e. The zero-order chi connectivity index (χ0) is 17.9. The van der Waals surface area contributed by atoms with Gasteiger partial charge in [-0.15, -0.1) is 0 Å². The predicted molar refractivity (Wildman–Crippen MR) is 100 cm³/mol. The van der Waals surface area contributed by atoms with E-state index in [0.717, 1.165) is 36.3 Å². The van der Waals surface area contributed by atoms with Gasteiger partial charge in [-0.05, 0) is 25.3 Å². The van der Waals surface area contributed by atoms with E-state index in [4.69, 9.17) is 0 Å². The molecule has 1 fully saturated rings. The van der Waals surface area contributed by atoms with E-state index in [-0.39, 0.29) is 11.9 Å². The number of H-pyrrole nitrogens is 1. The minimum absolute atomic E-state index is 0.0164. The Morgan fingerprint density at radius 1 is 1.19 bits per heavy atom. The fourth-order valence-corrected chi connectivity index (χ4v) is 3.59. The highest BCUT2D eigenvalue weighted by Crippen LogP contribution is 2.31. The average molecular weight is 346 g/mol. The van der Waals surface area contributed by atoms with Crippen molar-refractivity contribution in [2.24, 2.45) is 0 Å². The highest BCUT2D eigenvalue weighted by atomic mass is 16.2. The molecule has 0 radical (unpaired) electrons. The van der Waals surface area contributed by atoms with Crippen LogP contribution in [-0.4, -0.2) is 32.5 Å². The van der Waals surface area contributed by atoms with Gasteiger partial charge in [0.05, 0.1) is 12.5 Å². The lowest BCUT2D eigenvalue weighted by Crippen LogP contribution is -2.32. The second kappa shape index (κ2) is 7.12. The van der Waals surface area contributed by atoms with E-state index in [1.807, 2.05) is 60.4 Å². The first-order valence-corrected chi connectivity index (χ1v) is 9.03. The predicted octanol–water partition coefficient (Wildman–Crippen LogP) is 3.69. The van der Waals surface area contributed by atoms with Crippen molar-refractivity contribution in [2.75, 3.05) is 6.54 Å². The summed E-state index contributed by atoms with van der Waals surface area (Å²) in [6.45, 7) is 2.82. The summed E-state index contributed by atoms with van der Waals surface area (Å²) in [4.78, 5) is 19.4. The van der Waals surface area contributed by atoms with Crippen molar-refractivity contribution in [3.05, 3.63) is 71.5 Å². The molecular formula is C21H22N4O. The lowest BCUT2D eigenvalue weighted by Gasteiger charge is -2.23. The second-order valence-electron chi connectivity index (χ2n) is 6.82. The third kappa shape index (κ3) is 3.38. The number of nitrogens with zero attached hydrogens (tertiary/aromatic N) is 3. The first kappa shape index (κ1) is 16.5. The van der Waals surface area contributed by atoms with Crippen molar-refractivity contribution < 1.29 is 4.79 Å². The van der Waals surface area contributed by atoms with Gasteiger partial charge in [0, 0.05) is 12.1 Å². The number of benzene rings is 2. The van der Waals surface area contributed by atoms with Crippen molar-refractivity contribution in [2.45, 2.75) is 32.2 Å². The van der Waals surface area contributed by atoms with Crippen LogP contribution in [0.4, 0.5) is 0 Å². The molecule has 1 N–H and O–H groups in total. The summed E-state index contributed by atoms with van der Waals surface area (Å²) in [5, 5.41) is 7.40. The van der Waals surface area contributed by atoms with Crippen molar-refractivity contribution in [3.63, 3.8) is 0 Å². The number of aromatic amines is 1. The van der Waals surface area contributed by atoms with Crippen molar-refractivity contribution in [1.82, 2.24) is 20.1 Å². The molecule has 26 heavy (non-hydrogen) atoms. The largest absolute Gasteiger partial charge is 0.332 e. The summed E-state index contributed by atoms with van der Waals surface area (Å²) < 4.78 is 0. The number of hydrogen-bond donors (Lipinski definition) is 1. The van der Waals surface area contributed by atoms with Crippen LogP contribution in [0.25, 0.3) is 11.4 Å². The Morgan fingerprint density at radius 3 is 2.85 bits per heavy atom. The zero-order valence-corrected chi connectivity index (χ0v) is 14.9. The maximum absolute atomic E-state index is 12.9. The molecule has 0 bridgehead atoms. The molecular weight excluding hydrogens is 324 g/mol. The number of nitrogens with one attached hydrogen (secondary N) is 1. The lowest BCUT2D eigenvalue weighted by molar-refractivity contribution is -0.131. The third-order valence-electron chi connectivity index (χ3n) is 4.86. The van der Waals surface area contributed by atoms with Gasteiger partial charge in [0.2, 0.25) is 5.91 Å². The van der Waals surface area contributed by atoms with E-state index in [9.17, 15) is 4.79 Å². The van der Waals surface area contributed by atoms with Gasteiger partial charge in [-0.25, -0.2) is 4.98 Å². The molecule has 1 aromatic heterocycles. The third-order valence-corrected chi connectivity index (χ3v) is 4.86. The summed E-state index contributed by atoms with van der Waals surface area (Å²) in [5.74, 6) is 1.60. The number of aryl methyl sites for hydroxylation is 1. The van der Waals surface area contributed by atoms with E-state index in [1.165, 1.54) is 5.56 Å². The molecule has 1 atom stereocenters. The standard InChI is InChI=1S/C21H22N4O/c1-15-7-5-8-16(13-15)14-19(26)25-12-6-11-18(25)21-22-20(23-24-21)17-9-3-2-4-10-17/h2-5,7-10,13,18H,6,11-12,14H2,1H3,(H,22,23,24). The van der Waals surface area contributed by atoms with E-state index >= 15 is 0 Å². The lowest BCUT2D eigenvalue weighted by atomic mass is 10.1. The molecule has 0 saturated carbocycles. The van der Waals surface area contributed by atoms with E-state index in [0.29, 0.717) is 12.2 Å². The topological polar surface area (TPSA) is 61.9 Å². The maximum atomic E-state index is 12.9. The van der Waals surface area contributed by atoms with Crippen LogP contribution in [0.1, 0.15) is 35.8 Å². The number of hydrogen-bond acceptors (Lipinski definition) is 3. The molecule has 1 aliphatic rings. The van der Waals surface area contributed by atoms with Gasteiger partial charge in [-0.1, -0.05) is 60.2 Å². The Hall–Kier alpha value is -2.95.